The van der Waals surface area contributed by atoms with Crippen LogP contribution in [-0.4, -0.2) is 12.9 Å². The number of methoxy groups -OCH3 is 1. The number of rotatable bonds is 4. The summed E-state index contributed by atoms with van der Waals surface area (Å²) in [4.78, 5) is 12.2. The fourth-order valence-corrected chi connectivity index (χ4v) is 1.67. The zero-order valence-corrected chi connectivity index (χ0v) is 10.3. The van der Waals surface area contributed by atoms with E-state index in [1.54, 1.807) is 7.11 Å². The Labute approximate surface area is 96.9 Å². The highest BCUT2D eigenvalue weighted by Crippen LogP contribution is 2.23. The molecule has 1 aromatic carbocycles. The summed E-state index contributed by atoms with van der Waals surface area (Å²) in [5, 5.41) is 0. The molecule has 0 unspecified atom stereocenters. The molecule has 0 amide bonds. The third kappa shape index (κ3) is 2.51. The van der Waals surface area contributed by atoms with Gasteiger partial charge in [0.15, 0.2) is 5.78 Å². The number of Topliss-reactive ketones (excluding diaryl/α,β-unsaturated/α-hetero) is 1. The number of carbonyl (C=O) groups excluding carboxylic acids is 1. The third-order valence-corrected chi connectivity index (χ3v) is 2.62. The zero-order chi connectivity index (χ0) is 12.1. The van der Waals surface area contributed by atoms with E-state index in [0.717, 1.165) is 17.6 Å². The Morgan fingerprint density at radius 1 is 1.44 bits per heavy atom. The molecule has 0 radical (unpaired) electrons. The first kappa shape index (κ1) is 12.5. The number of ether oxygens (including phenoxy) is 1. The minimum absolute atomic E-state index is 0.0607. The number of aryl methyl sites for hydroxylation is 1. The van der Waals surface area contributed by atoms with Crippen LogP contribution in [0.25, 0.3) is 0 Å². The van der Waals surface area contributed by atoms with Gasteiger partial charge in [-0.25, -0.2) is 0 Å². The summed E-state index contributed by atoms with van der Waals surface area (Å²) in [5.41, 5.74) is 2.54. The fourth-order valence-electron chi connectivity index (χ4n) is 1.67. The van der Waals surface area contributed by atoms with Gasteiger partial charge < -0.3 is 4.74 Å². The Morgan fingerprint density at radius 2 is 2.12 bits per heavy atom. The predicted molar refractivity (Wildman–Crippen MR) is 66.1 cm³/mol. The molecule has 1 aromatic rings. The van der Waals surface area contributed by atoms with Gasteiger partial charge in [0.2, 0.25) is 0 Å². The second kappa shape index (κ2) is 5.50. The molecule has 0 heterocycles. The van der Waals surface area contributed by atoms with Crippen molar-refractivity contribution in [3.05, 3.63) is 41.0 Å². The molecular weight excluding hydrogens is 200 g/mol. The van der Waals surface area contributed by atoms with Crippen LogP contribution in [0.3, 0.4) is 0 Å². The number of benzene rings is 1. The quantitative estimate of drug-likeness (QED) is 0.570. The molecule has 0 aliphatic heterocycles. The summed E-state index contributed by atoms with van der Waals surface area (Å²) < 4.78 is 5.21. The molecule has 0 N–H and O–H groups in total. The average molecular weight is 218 g/mol. The van der Waals surface area contributed by atoms with Crippen LogP contribution in [0.4, 0.5) is 0 Å². The minimum Gasteiger partial charge on any atom is -0.496 e. The highest BCUT2D eigenvalue weighted by atomic mass is 16.5. The van der Waals surface area contributed by atoms with E-state index in [1.165, 1.54) is 0 Å². The van der Waals surface area contributed by atoms with E-state index >= 15 is 0 Å². The average Bonchev–Trinajstić information content (AvgIpc) is 2.30. The predicted octanol–water partition coefficient (Wildman–Crippen LogP) is 3.54. The van der Waals surface area contributed by atoms with Crippen molar-refractivity contribution in [3.8, 4) is 5.75 Å². The lowest BCUT2D eigenvalue weighted by Crippen LogP contribution is -2.05. The first-order valence-corrected chi connectivity index (χ1v) is 5.48. The highest BCUT2D eigenvalue weighted by Gasteiger charge is 2.14. The normalized spacial score (nSPS) is 11.4. The summed E-state index contributed by atoms with van der Waals surface area (Å²) in [7, 11) is 1.59. The second-order valence-corrected chi connectivity index (χ2v) is 3.70. The van der Waals surface area contributed by atoms with Gasteiger partial charge in [-0.05, 0) is 38.0 Å². The highest BCUT2D eigenvalue weighted by molar-refractivity contribution is 6.10. The Bertz CT molecular complexity index is 417. The van der Waals surface area contributed by atoms with E-state index in [-0.39, 0.29) is 5.78 Å². The van der Waals surface area contributed by atoms with Crippen LogP contribution in [0.2, 0.25) is 0 Å². The van der Waals surface area contributed by atoms with E-state index < -0.39 is 0 Å². The molecule has 0 bridgehead atoms. The van der Waals surface area contributed by atoms with E-state index in [4.69, 9.17) is 4.74 Å². The van der Waals surface area contributed by atoms with Crippen LogP contribution < -0.4 is 4.74 Å². The summed E-state index contributed by atoms with van der Waals surface area (Å²) >= 11 is 0. The number of hydrogen-bond donors (Lipinski definition) is 0. The first-order chi connectivity index (χ1) is 7.63. The van der Waals surface area contributed by atoms with Crippen molar-refractivity contribution in [2.45, 2.75) is 27.2 Å². The van der Waals surface area contributed by atoms with Gasteiger partial charge in [-0.15, -0.1) is 0 Å². The topological polar surface area (TPSA) is 26.3 Å². The molecule has 16 heavy (non-hydrogen) atoms. The van der Waals surface area contributed by atoms with Crippen molar-refractivity contribution in [2.75, 3.05) is 7.11 Å². The molecule has 0 aliphatic rings. The van der Waals surface area contributed by atoms with Gasteiger partial charge in [-0.3, -0.25) is 4.79 Å². The second-order valence-electron chi connectivity index (χ2n) is 3.70. The lowest BCUT2D eigenvalue weighted by atomic mass is 9.99. The molecule has 0 fully saturated rings. The van der Waals surface area contributed by atoms with Gasteiger partial charge in [0.1, 0.15) is 5.75 Å². The Hall–Kier alpha value is -1.57. The van der Waals surface area contributed by atoms with Gasteiger partial charge >= 0.3 is 0 Å². The fraction of sp³-hybridized carbons (Fsp3) is 0.357. The summed E-state index contributed by atoms with van der Waals surface area (Å²) in [6, 6.07) is 5.66. The molecule has 0 saturated carbocycles. The maximum atomic E-state index is 12.2. The van der Waals surface area contributed by atoms with Crippen molar-refractivity contribution in [1.82, 2.24) is 0 Å². The van der Waals surface area contributed by atoms with Crippen molar-refractivity contribution in [3.63, 3.8) is 0 Å². The van der Waals surface area contributed by atoms with E-state index in [0.29, 0.717) is 11.3 Å². The van der Waals surface area contributed by atoms with E-state index in [1.807, 2.05) is 45.0 Å². The van der Waals surface area contributed by atoms with Gasteiger partial charge in [0.05, 0.1) is 12.7 Å². The maximum absolute atomic E-state index is 12.2. The maximum Gasteiger partial charge on any atom is 0.192 e. The van der Waals surface area contributed by atoms with Gasteiger partial charge in [0.25, 0.3) is 0 Å². The van der Waals surface area contributed by atoms with Crippen LogP contribution in [0.1, 0.15) is 36.2 Å². The van der Waals surface area contributed by atoms with E-state index in [9.17, 15) is 4.79 Å². The van der Waals surface area contributed by atoms with Gasteiger partial charge in [0, 0.05) is 0 Å². The summed E-state index contributed by atoms with van der Waals surface area (Å²) in [6.07, 6.45) is 2.61. The van der Waals surface area contributed by atoms with Crippen LogP contribution in [0.5, 0.6) is 5.75 Å². The molecule has 0 spiro atoms. The van der Waals surface area contributed by atoms with Crippen molar-refractivity contribution in [1.29, 1.82) is 0 Å². The molecule has 0 aliphatic carbocycles. The largest absolute Gasteiger partial charge is 0.496 e. The monoisotopic (exact) mass is 218 g/mol. The molecule has 2 nitrogen and oxygen atoms in total. The molecule has 86 valence electrons. The number of ketones is 1. The van der Waals surface area contributed by atoms with Crippen molar-refractivity contribution < 1.29 is 9.53 Å². The minimum atomic E-state index is 0.0607. The van der Waals surface area contributed by atoms with Crippen molar-refractivity contribution >= 4 is 5.78 Å². The number of carbonyl (C=O) groups is 1. The summed E-state index contributed by atoms with van der Waals surface area (Å²) in [6.45, 7) is 5.84. The smallest absolute Gasteiger partial charge is 0.192 e. The Morgan fingerprint density at radius 3 is 2.62 bits per heavy atom. The molecule has 1 rings (SSSR count). The Balaban J connectivity index is 3.21. The molecule has 0 aromatic heterocycles. The van der Waals surface area contributed by atoms with Gasteiger partial charge in [-0.2, -0.15) is 0 Å². The molecule has 0 saturated heterocycles. The summed E-state index contributed by atoms with van der Waals surface area (Å²) in [5.74, 6) is 0.703. The van der Waals surface area contributed by atoms with E-state index in [2.05, 4.69) is 0 Å². The number of allylic oxidation sites excluding steroid dienone is 2. The van der Waals surface area contributed by atoms with Crippen LogP contribution in [0.15, 0.2) is 29.8 Å². The van der Waals surface area contributed by atoms with Crippen LogP contribution in [-0.2, 0) is 0 Å². The third-order valence-electron chi connectivity index (χ3n) is 2.62. The van der Waals surface area contributed by atoms with Crippen molar-refractivity contribution in [2.24, 2.45) is 0 Å². The molecule has 2 heteroatoms. The number of hydrogen-bond acceptors (Lipinski definition) is 2. The van der Waals surface area contributed by atoms with Gasteiger partial charge in [-0.1, -0.05) is 24.6 Å². The lowest BCUT2D eigenvalue weighted by Gasteiger charge is -2.09. The van der Waals surface area contributed by atoms with Crippen LogP contribution >= 0.6 is 0 Å². The zero-order valence-electron chi connectivity index (χ0n) is 10.3. The molecule has 0 atom stereocenters. The SMILES string of the molecule is C/C=C(/CC)C(=O)c1cc(C)ccc1OC. The lowest BCUT2D eigenvalue weighted by molar-refractivity contribution is 0.102. The molecular formula is C14H18O2. The first-order valence-electron chi connectivity index (χ1n) is 5.48. The van der Waals surface area contributed by atoms with Crippen LogP contribution in [0, 0.1) is 6.92 Å². The standard InChI is InChI=1S/C14H18O2/c1-5-11(6-2)14(15)12-9-10(3)7-8-13(12)16-4/h5,7-9H,6H2,1-4H3/b11-5-. The Kier molecular flexibility index (Phi) is 4.29.